The number of anilines is 2. The third-order valence-corrected chi connectivity index (χ3v) is 4.49. The smallest absolute Gasteiger partial charge is 0.161 e. The van der Waals surface area contributed by atoms with Crippen molar-refractivity contribution in [3.63, 3.8) is 0 Å². The highest BCUT2D eigenvalue weighted by molar-refractivity contribution is 14.1. The molecule has 1 aromatic heterocycles. The maximum atomic E-state index is 4.48. The van der Waals surface area contributed by atoms with Gasteiger partial charge in [0.25, 0.3) is 0 Å². The number of nitrogens with zero attached hydrogens (tertiary/aromatic N) is 2. The predicted molar refractivity (Wildman–Crippen MR) is 107 cm³/mol. The van der Waals surface area contributed by atoms with Crippen LogP contribution in [0.4, 0.5) is 11.5 Å². The van der Waals surface area contributed by atoms with Crippen molar-refractivity contribution in [2.45, 2.75) is 0 Å². The molecular weight excluding hydrogens is 409 g/mol. The summed E-state index contributed by atoms with van der Waals surface area (Å²) in [4.78, 5) is 0. The fourth-order valence-electron chi connectivity index (χ4n) is 2.71. The van der Waals surface area contributed by atoms with Crippen LogP contribution in [0.1, 0.15) is 0 Å². The number of fused-ring (bicyclic) bond motifs is 1. The second-order valence-electron chi connectivity index (χ2n) is 5.44. The monoisotopic (exact) mass is 423 g/mol. The van der Waals surface area contributed by atoms with Gasteiger partial charge in [-0.05, 0) is 40.8 Å². The third-order valence-electron chi connectivity index (χ3n) is 3.82. The Kier molecular flexibility index (Phi) is 4.13. The molecule has 0 saturated heterocycles. The minimum atomic E-state index is 0.771. The van der Waals surface area contributed by atoms with Gasteiger partial charge in [0, 0.05) is 25.6 Å². The second kappa shape index (κ2) is 6.57. The lowest BCUT2D eigenvalue weighted by Gasteiger charge is -2.11. The Bertz CT molecular complexity index is 1000. The molecule has 4 heteroatoms. The normalized spacial score (nSPS) is 10.7. The number of nitrogens with one attached hydrogen (secondary N) is 1. The highest BCUT2D eigenvalue weighted by Crippen LogP contribution is 2.31. The minimum Gasteiger partial charge on any atom is -0.338 e. The highest BCUT2D eigenvalue weighted by Gasteiger charge is 2.10. The van der Waals surface area contributed by atoms with Crippen molar-refractivity contribution in [3.05, 3.63) is 82.4 Å². The maximum absolute atomic E-state index is 4.48. The van der Waals surface area contributed by atoms with Crippen molar-refractivity contribution in [3.8, 4) is 11.3 Å². The molecular formula is C20H14IN3. The van der Waals surface area contributed by atoms with E-state index in [2.05, 4.69) is 74.5 Å². The molecule has 4 aromatic rings. The van der Waals surface area contributed by atoms with Crippen LogP contribution < -0.4 is 5.32 Å². The van der Waals surface area contributed by atoms with Crippen molar-refractivity contribution in [1.82, 2.24) is 10.2 Å². The van der Waals surface area contributed by atoms with Gasteiger partial charge in [-0.1, -0.05) is 60.7 Å². The molecule has 0 amide bonds. The van der Waals surface area contributed by atoms with Gasteiger partial charge in [0.05, 0.1) is 0 Å². The van der Waals surface area contributed by atoms with Crippen LogP contribution >= 0.6 is 22.6 Å². The van der Waals surface area contributed by atoms with Crippen LogP contribution in [0.15, 0.2) is 78.9 Å². The van der Waals surface area contributed by atoms with E-state index in [9.17, 15) is 0 Å². The van der Waals surface area contributed by atoms with Gasteiger partial charge in [-0.25, -0.2) is 0 Å². The lowest BCUT2D eigenvalue weighted by atomic mass is 10.0. The molecule has 3 nitrogen and oxygen atoms in total. The topological polar surface area (TPSA) is 37.8 Å². The zero-order chi connectivity index (χ0) is 16.4. The van der Waals surface area contributed by atoms with E-state index >= 15 is 0 Å². The van der Waals surface area contributed by atoms with Crippen LogP contribution in [-0.4, -0.2) is 10.2 Å². The summed E-state index contributed by atoms with van der Waals surface area (Å²) >= 11 is 2.30. The number of hydrogen-bond donors (Lipinski definition) is 1. The van der Waals surface area contributed by atoms with Crippen molar-refractivity contribution in [2.75, 3.05) is 5.32 Å². The zero-order valence-corrected chi connectivity index (χ0v) is 14.9. The summed E-state index contributed by atoms with van der Waals surface area (Å²) in [7, 11) is 0. The summed E-state index contributed by atoms with van der Waals surface area (Å²) in [5.74, 6) is 0.771. The van der Waals surface area contributed by atoms with Gasteiger partial charge in [0.15, 0.2) is 5.82 Å². The summed E-state index contributed by atoms with van der Waals surface area (Å²) in [6.45, 7) is 0. The lowest BCUT2D eigenvalue weighted by molar-refractivity contribution is 1.06. The van der Waals surface area contributed by atoms with Gasteiger partial charge < -0.3 is 5.32 Å². The molecule has 0 spiro atoms. The predicted octanol–water partition coefficient (Wildman–Crippen LogP) is 5.65. The summed E-state index contributed by atoms with van der Waals surface area (Å²) < 4.78 is 1.18. The Hall–Kier alpha value is -2.47. The molecule has 24 heavy (non-hydrogen) atoms. The van der Waals surface area contributed by atoms with Crippen LogP contribution in [-0.2, 0) is 0 Å². The third kappa shape index (κ3) is 2.97. The van der Waals surface area contributed by atoms with Crippen molar-refractivity contribution < 1.29 is 0 Å². The first-order valence-corrected chi connectivity index (χ1v) is 8.72. The summed E-state index contributed by atoms with van der Waals surface area (Å²) in [6.07, 6.45) is 0. The van der Waals surface area contributed by atoms with Crippen LogP contribution in [0.3, 0.4) is 0 Å². The molecule has 0 bridgehead atoms. The van der Waals surface area contributed by atoms with E-state index in [1.807, 2.05) is 42.5 Å². The first-order chi connectivity index (χ1) is 11.8. The van der Waals surface area contributed by atoms with Gasteiger partial charge >= 0.3 is 0 Å². The molecule has 1 N–H and O–H groups in total. The zero-order valence-electron chi connectivity index (χ0n) is 12.8. The standard InChI is InChI=1S/C20H14IN3/c21-15-9-6-10-16(13-15)22-20-18-12-5-4-11-17(18)19(23-24-20)14-7-2-1-3-8-14/h1-13H,(H,22,24). The van der Waals surface area contributed by atoms with Crippen LogP contribution in [0, 0.1) is 3.57 Å². The minimum absolute atomic E-state index is 0.771. The SMILES string of the molecule is Ic1cccc(Nc2nnc(-c3ccccc3)c3ccccc23)c1. The molecule has 0 aliphatic heterocycles. The molecule has 0 aliphatic carbocycles. The fraction of sp³-hybridized carbons (Fsp3) is 0. The molecule has 0 unspecified atom stereocenters. The maximum Gasteiger partial charge on any atom is 0.161 e. The Balaban J connectivity index is 1.84. The van der Waals surface area contributed by atoms with E-state index in [4.69, 9.17) is 0 Å². The van der Waals surface area contributed by atoms with E-state index in [1.165, 1.54) is 3.57 Å². The van der Waals surface area contributed by atoms with Gasteiger partial charge in [0.2, 0.25) is 0 Å². The summed E-state index contributed by atoms with van der Waals surface area (Å²) in [6, 6.07) is 26.6. The van der Waals surface area contributed by atoms with Crippen molar-refractivity contribution in [2.24, 2.45) is 0 Å². The van der Waals surface area contributed by atoms with Crippen molar-refractivity contribution >= 4 is 44.9 Å². The number of halogens is 1. The quantitative estimate of drug-likeness (QED) is 0.433. The molecule has 0 saturated carbocycles. The number of aromatic nitrogens is 2. The van der Waals surface area contributed by atoms with Gasteiger partial charge in [0.1, 0.15) is 5.69 Å². The lowest BCUT2D eigenvalue weighted by Crippen LogP contribution is -1.99. The van der Waals surface area contributed by atoms with E-state index in [0.717, 1.165) is 33.5 Å². The molecule has 0 aliphatic rings. The molecule has 116 valence electrons. The molecule has 0 fully saturated rings. The van der Waals surface area contributed by atoms with Gasteiger partial charge in [-0.3, -0.25) is 0 Å². The number of rotatable bonds is 3. The number of benzene rings is 3. The fourth-order valence-corrected chi connectivity index (χ4v) is 3.25. The Morgan fingerprint density at radius 1 is 0.708 bits per heavy atom. The first-order valence-electron chi connectivity index (χ1n) is 7.65. The molecule has 4 rings (SSSR count). The first kappa shape index (κ1) is 15.1. The Morgan fingerprint density at radius 3 is 2.25 bits per heavy atom. The highest BCUT2D eigenvalue weighted by atomic mass is 127. The second-order valence-corrected chi connectivity index (χ2v) is 6.69. The average Bonchev–Trinajstić information content (AvgIpc) is 2.63. The summed E-state index contributed by atoms with van der Waals surface area (Å²) in [5.41, 5.74) is 2.98. The van der Waals surface area contributed by atoms with E-state index in [-0.39, 0.29) is 0 Å². The van der Waals surface area contributed by atoms with Crippen LogP contribution in [0.25, 0.3) is 22.0 Å². The molecule has 3 aromatic carbocycles. The van der Waals surface area contributed by atoms with Crippen LogP contribution in [0.2, 0.25) is 0 Å². The van der Waals surface area contributed by atoms with Gasteiger partial charge in [-0.15, -0.1) is 10.2 Å². The van der Waals surface area contributed by atoms with Crippen LogP contribution in [0.5, 0.6) is 0 Å². The summed E-state index contributed by atoms with van der Waals surface area (Å²) in [5, 5.41) is 14.5. The molecule has 0 atom stereocenters. The van der Waals surface area contributed by atoms with Gasteiger partial charge in [-0.2, -0.15) is 0 Å². The molecule has 1 heterocycles. The van der Waals surface area contributed by atoms with E-state index < -0.39 is 0 Å². The Morgan fingerprint density at radius 2 is 1.46 bits per heavy atom. The van der Waals surface area contributed by atoms with E-state index in [1.54, 1.807) is 0 Å². The van der Waals surface area contributed by atoms with Crippen molar-refractivity contribution in [1.29, 1.82) is 0 Å². The average molecular weight is 423 g/mol. The Labute approximate surface area is 153 Å². The van der Waals surface area contributed by atoms with E-state index in [0.29, 0.717) is 0 Å². The molecule has 0 radical (unpaired) electrons. The number of hydrogen-bond acceptors (Lipinski definition) is 3. The largest absolute Gasteiger partial charge is 0.338 e.